The lowest BCUT2D eigenvalue weighted by Crippen LogP contribution is -2.02. The summed E-state index contributed by atoms with van der Waals surface area (Å²) in [7, 11) is -6.00. The summed E-state index contributed by atoms with van der Waals surface area (Å²) in [6.07, 6.45) is 28.7. The summed E-state index contributed by atoms with van der Waals surface area (Å²) in [4.78, 5) is 0. The van der Waals surface area contributed by atoms with Gasteiger partial charge in [0.2, 0.25) is 13.1 Å². The predicted molar refractivity (Wildman–Crippen MR) is 162 cm³/mol. The van der Waals surface area contributed by atoms with Crippen molar-refractivity contribution >= 4 is 53.5 Å². The first kappa shape index (κ1) is 36.5. The Balaban J connectivity index is 0.00000222. The Hall–Kier alpha value is 0.535. The van der Waals surface area contributed by atoms with E-state index in [1.165, 1.54) is 140 Å². The Labute approximate surface area is 236 Å². The van der Waals surface area contributed by atoms with Gasteiger partial charge in [-0.25, -0.2) is 0 Å². The molecule has 0 spiro atoms. The highest BCUT2D eigenvalue weighted by atomic mass is 32.2. The van der Waals surface area contributed by atoms with Crippen LogP contribution in [0.1, 0.15) is 142 Å². The van der Waals surface area contributed by atoms with Crippen LogP contribution in [0.2, 0.25) is 0 Å². The van der Waals surface area contributed by atoms with Crippen LogP contribution >= 0.6 is 46.2 Å². The van der Waals surface area contributed by atoms with Gasteiger partial charge in [-0.05, 0) is 12.8 Å². The van der Waals surface area contributed by atoms with Crippen LogP contribution in [0.3, 0.4) is 0 Å². The fourth-order valence-corrected chi connectivity index (χ4v) is 9.33. The maximum Gasteiger partial charge on any atom is 0.673 e. The van der Waals surface area contributed by atoms with E-state index in [1.54, 1.807) is 8.42 Å². The molecule has 1 heterocycles. The number of halogens is 4. The van der Waals surface area contributed by atoms with Crippen molar-refractivity contribution in [1.29, 1.82) is 0 Å². The Bertz CT molecular complexity index is 524. The van der Waals surface area contributed by atoms with Crippen molar-refractivity contribution in [3.63, 3.8) is 0 Å². The summed E-state index contributed by atoms with van der Waals surface area (Å²) < 4.78 is 44.5. The molecule has 0 nitrogen and oxygen atoms in total. The van der Waals surface area contributed by atoms with E-state index in [-0.39, 0.29) is 0 Å². The molecule has 9 heteroatoms. The molecule has 0 unspecified atom stereocenters. The molecule has 0 saturated heterocycles. The van der Waals surface area contributed by atoms with Gasteiger partial charge in [0.1, 0.15) is 0 Å². The van der Waals surface area contributed by atoms with Crippen molar-refractivity contribution in [1.82, 2.24) is 0 Å². The summed E-state index contributed by atoms with van der Waals surface area (Å²) in [5, 5.41) is 0. The Morgan fingerprint density at radius 3 is 1.31 bits per heavy atom. The molecule has 0 amide bonds. The first-order chi connectivity index (χ1) is 17.4. The topological polar surface area (TPSA) is 0 Å². The molecule has 0 fully saturated rings. The minimum absolute atomic E-state index is 1.32. The molecule has 0 aliphatic heterocycles. The van der Waals surface area contributed by atoms with E-state index in [1.807, 2.05) is 22.7 Å². The van der Waals surface area contributed by atoms with Crippen LogP contribution in [-0.2, 0) is 0 Å². The molecule has 0 aliphatic carbocycles. The number of thioether (sulfide) groups is 2. The molecule has 1 aromatic heterocycles. The van der Waals surface area contributed by atoms with Crippen molar-refractivity contribution in [2.45, 2.75) is 151 Å². The second-order valence-corrected chi connectivity index (χ2v) is 14.2. The highest BCUT2D eigenvalue weighted by molar-refractivity contribution is 8.04. The zero-order chi connectivity index (χ0) is 26.7. The van der Waals surface area contributed by atoms with Crippen LogP contribution in [0, 0.1) is 0 Å². The van der Waals surface area contributed by atoms with Gasteiger partial charge in [0, 0.05) is 11.5 Å². The lowest BCUT2D eigenvalue weighted by atomic mass is 10.1. The Kier molecular flexibility index (Phi) is 27.5. The fraction of sp³-hybridized carbons (Fsp3) is 0.889. The van der Waals surface area contributed by atoms with Gasteiger partial charge in [0.15, 0.2) is 0 Å². The second kappa shape index (κ2) is 27.1. The average Bonchev–Trinajstić information content (AvgIpc) is 3.27. The molecule has 1 aromatic rings. The number of rotatable bonds is 24. The van der Waals surface area contributed by atoms with Crippen molar-refractivity contribution in [2.75, 3.05) is 11.5 Å². The Morgan fingerprint density at radius 2 is 0.917 bits per heavy atom. The maximum absolute atomic E-state index is 9.75. The van der Waals surface area contributed by atoms with Crippen LogP contribution < -0.4 is 0 Å². The smallest absolute Gasteiger partial charge is 0.418 e. The summed E-state index contributed by atoms with van der Waals surface area (Å²) in [5.74, 6) is 2.63. The highest BCUT2D eigenvalue weighted by Gasteiger charge is 2.20. The molecule has 0 bridgehead atoms. The molecule has 214 valence electrons. The summed E-state index contributed by atoms with van der Waals surface area (Å²) in [6.45, 7) is 4.60. The molecule has 0 saturated carbocycles. The van der Waals surface area contributed by atoms with E-state index >= 15 is 0 Å². The van der Waals surface area contributed by atoms with Crippen LogP contribution in [0.5, 0.6) is 0 Å². The molecule has 1 rings (SSSR count). The third-order valence-electron chi connectivity index (χ3n) is 5.94. The molecular weight excluding hydrogens is 539 g/mol. The van der Waals surface area contributed by atoms with Crippen LogP contribution in [0.15, 0.2) is 13.1 Å². The molecule has 0 aromatic carbocycles. The maximum atomic E-state index is 9.75. The van der Waals surface area contributed by atoms with Gasteiger partial charge in [-0.3, -0.25) is 0 Å². The lowest BCUT2D eigenvalue weighted by Gasteiger charge is -2.02. The number of hydrogen-bond acceptors (Lipinski definition) is 3. The zero-order valence-electron chi connectivity index (χ0n) is 22.9. The van der Waals surface area contributed by atoms with E-state index in [2.05, 4.69) is 42.1 Å². The fourth-order valence-electron chi connectivity index (χ4n) is 3.90. The van der Waals surface area contributed by atoms with Gasteiger partial charge in [-0.15, -0.1) is 0 Å². The largest absolute Gasteiger partial charge is 0.673 e. The van der Waals surface area contributed by atoms with Gasteiger partial charge >= 0.3 is 7.25 Å². The van der Waals surface area contributed by atoms with E-state index in [0.29, 0.717) is 0 Å². The molecule has 36 heavy (non-hydrogen) atoms. The average molecular weight is 591 g/mol. The zero-order valence-corrected chi connectivity index (χ0v) is 26.1. The SMILES string of the molecule is CCCCCCCCCCCCSc1sc[s+]c1SCCCCCCCCCCCC.F[B-](F)(F)F. The summed E-state index contributed by atoms with van der Waals surface area (Å²) >= 11 is 8.19. The monoisotopic (exact) mass is 590 g/mol. The first-order valence-corrected chi connectivity index (χ1v) is 18.1. The quantitative estimate of drug-likeness (QED) is 0.0386. The van der Waals surface area contributed by atoms with Crippen LogP contribution in [0.25, 0.3) is 0 Å². The van der Waals surface area contributed by atoms with Crippen molar-refractivity contribution in [3.05, 3.63) is 4.69 Å². The summed E-state index contributed by atoms with van der Waals surface area (Å²) in [5.41, 5.74) is 0. The molecule has 0 radical (unpaired) electrons. The van der Waals surface area contributed by atoms with Crippen LogP contribution in [-0.4, -0.2) is 18.8 Å². The molecular formula is C27H51BF4S4. The van der Waals surface area contributed by atoms with Gasteiger partial charge in [0.25, 0.3) is 0 Å². The summed E-state index contributed by atoms with van der Waals surface area (Å²) in [6, 6.07) is 0. The molecule has 0 N–H and O–H groups in total. The van der Waals surface area contributed by atoms with Crippen molar-refractivity contribution < 1.29 is 17.3 Å². The van der Waals surface area contributed by atoms with Crippen LogP contribution in [0.4, 0.5) is 17.3 Å². The van der Waals surface area contributed by atoms with Crippen molar-refractivity contribution in [3.8, 4) is 0 Å². The predicted octanol–water partition coefficient (Wildman–Crippen LogP) is 13.4. The highest BCUT2D eigenvalue weighted by Crippen LogP contribution is 2.40. The third kappa shape index (κ3) is 29.1. The minimum Gasteiger partial charge on any atom is -0.418 e. The number of unbranched alkanes of at least 4 members (excludes halogenated alkanes) is 18. The van der Waals surface area contributed by atoms with Crippen molar-refractivity contribution in [2.24, 2.45) is 0 Å². The Morgan fingerprint density at radius 1 is 0.583 bits per heavy atom. The normalized spacial score (nSPS) is 11.5. The van der Waals surface area contributed by atoms with Gasteiger partial charge in [-0.2, -0.15) is 0 Å². The second-order valence-electron chi connectivity index (χ2n) is 9.46. The lowest BCUT2D eigenvalue weighted by molar-refractivity contribution is 0.368. The van der Waals surface area contributed by atoms with Gasteiger partial charge < -0.3 is 17.3 Å². The van der Waals surface area contributed by atoms with E-state index in [9.17, 15) is 17.3 Å². The standard InChI is InChI=1S/C27H51S4.BF4/c1-3-5-7-9-11-13-15-17-19-21-23-28-26-27(31-25-30-26)29-24-22-20-18-16-14-12-10-8-6-4-2;2-1(3,4)5/h25H,3-24H2,1-2H3;/q+1;-1. The minimum atomic E-state index is -6.00. The van der Waals surface area contributed by atoms with E-state index in [4.69, 9.17) is 0 Å². The van der Waals surface area contributed by atoms with Gasteiger partial charge in [0.05, 0.1) is 22.7 Å². The first-order valence-electron chi connectivity index (χ1n) is 14.4. The van der Waals surface area contributed by atoms with Gasteiger partial charge in [-0.1, -0.05) is 153 Å². The number of hydrogen-bond donors (Lipinski definition) is 0. The molecule has 0 aliphatic rings. The van der Waals surface area contributed by atoms with E-state index in [0.717, 1.165) is 0 Å². The van der Waals surface area contributed by atoms with E-state index < -0.39 is 7.25 Å². The third-order valence-corrected chi connectivity index (χ3v) is 11.3. The molecule has 0 atom stereocenters.